The Morgan fingerprint density at radius 2 is 1.48 bits per heavy atom. The Hall–Kier alpha value is -3.29. The molecule has 0 unspecified atom stereocenters. The van der Waals surface area contributed by atoms with Crippen LogP contribution in [0.1, 0.15) is 46.4 Å². The molecular weight excluding hydrogens is 350 g/mol. The standard InChI is InChI=1S/C19H21N3O5/c20-16-14(18(24)25)13(15(19(26)27)17(23)21-16)11-5-7-12(8-6-11)22-9-3-1-2-4-10-22/h5-8H,1-4,9-10H2,(H,24,25)(H,26,27)(H3,20,21,23). The predicted octanol–water partition coefficient (Wildman–Crippen LogP) is 2.40. The van der Waals surface area contributed by atoms with Crippen molar-refractivity contribution in [3.05, 3.63) is 45.7 Å². The SMILES string of the molecule is Nc1[nH]c(=O)c(C(=O)O)c(-c2ccc(N3CCCCCC3)cc2)c1C(=O)O. The van der Waals surface area contributed by atoms with Gasteiger partial charge >= 0.3 is 11.9 Å². The van der Waals surface area contributed by atoms with Crippen LogP contribution in [0.3, 0.4) is 0 Å². The van der Waals surface area contributed by atoms with Crippen LogP contribution in [-0.4, -0.2) is 40.2 Å². The van der Waals surface area contributed by atoms with Crippen molar-refractivity contribution in [3.8, 4) is 11.1 Å². The van der Waals surface area contributed by atoms with Gasteiger partial charge in [-0.3, -0.25) is 4.79 Å². The van der Waals surface area contributed by atoms with Gasteiger partial charge in [0.15, 0.2) is 0 Å². The third-order valence-electron chi connectivity index (χ3n) is 4.80. The number of nitrogens with one attached hydrogen (secondary N) is 1. The zero-order valence-corrected chi connectivity index (χ0v) is 14.7. The Kier molecular flexibility index (Phi) is 5.16. The van der Waals surface area contributed by atoms with E-state index in [1.807, 2.05) is 12.1 Å². The number of pyridine rings is 1. The van der Waals surface area contributed by atoms with Gasteiger partial charge in [-0.15, -0.1) is 0 Å². The molecule has 0 amide bonds. The second kappa shape index (κ2) is 7.53. The number of carboxylic acid groups (broad SMARTS) is 2. The molecule has 0 aliphatic carbocycles. The second-order valence-electron chi connectivity index (χ2n) is 6.55. The van der Waals surface area contributed by atoms with Gasteiger partial charge in [-0.1, -0.05) is 25.0 Å². The summed E-state index contributed by atoms with van der Waals surface area (Å²) in [6.07, 6.45) is 4.62. The Morgan fingerprint density at radius 3 is 2.00 bits per heavy atom. The number of nitrogen functional groups attached to an aromatic ring is 1. The first-order valence-electron chi connectivity index (χ1n) is 8.78. The fraction of sp³-hybridized carbons (Fsp3) is 0.316. The molecule has 0 saturated carbocycles. The molecule has 8 heteroatoms. The first-order valence-corrected chi connectivity index (χ1v) is 8.78. The molecule has 142 valence electrons. The van der Waals surface area contributed by atoms with Gasteiger partial charge in [0, 0.05) is 24.3 Å². The highest BCUT2D eigenvalue weighted by Crippen LogP contribution is 2.31. The van der Waals surface area contributed by atoms with Gasteiger partial charge in [-0.25, -0.2) is 9.59 Å². The monoisotopic (exact) mass is 371 g/mol. The first-order chi connectivity index (χ1) is 12.9. The maximum absolute atomic E-state index is 12.1. The number of hydrogen-bond acceptors (Lipinski definition) is 5. The maximum Gasteiger partial charge on any atom is 0.342 e. The van der Waals surface area contributed by atoms with E-state index in [0.29, 0.717) is 5.56 Å². The number of anilines is 2. The molecule has 0 bridgehead atoms. The lowest BCUT2D eigenvalue weighted by Gasteiger charge is -2.23. The molecule has 2 aromatic rings. The molecule has 1 saturated heterocycles. The van der Waals surface area contributed by atoms with Crippen molar-refractivity contribution in [2.45, 2.75) is 25.7 Å². The highest BCUT2D eigenvalue weighted by molar-refractivity contribution is 6.07. The third-order valence-corrected chi connectivity index (χ3v) is 4.80. The van der Waals surface area contributed by atoms with Crippen molar-refractivity contribution in [3.63, 3.8) is 0 Å². The highest BCUT2D eigenvalue weighted by atomic mass is 16.4. The summed E-state index contributed by atoms with van der Waals surface area (Å²) in [4.78, 5) is 39.7. The molecule has 0 radical (unpaired) electrons. The number of carboxylic acids is 2. The van der Waals surface area contributed by atoms with Crippen molar-refractivity contribution < 1.29 is 19.8 Å². The quantitative estimate of drug-likeness (QED) is 0.647. The van der Waals surface area contributed by atoms with Crippen LogP contribution in [0.15, 0.2) is 29.1 Å². The molecule has 2 heterocycles. The van der Waals surface area contributed by atoms with Crippen molar-refractivity contribution >= 4 is 23.4 Å². The molecule has 27 heavy (non-hydrogen) atoms. The number of H-pyrrole nitrogens is 1. The number of hydrogen-bond donors (Lipinski definition) is 4. The lowest BCUT2D eigenvalue weighted by Crippen LogP contribution is -2.24. The van der Waals surface area contributed by atoms with E-state index < -0.39 is 28.6 Å². The molecular formula is C19H21N3O5. The number of aromatic amines is 1. The van der Waals surface area contributed by atoms with Crippen LogP contribution in [-0.2, 0) is 0 Å². The Labute approximate surface area is 155 Å². The number of aromatic nitrogens is 1. The van der Waals surface area contributed by atoms with Crippen LogP contribution in [0.25, 0.3) is 11.1 Å². The number of nitrogens with two attached hydrogens (primary N) is 1. The number of rotatable bonds is 4. The van der Waals surface area contributed by atoms with E-state index in [4.69, 9.17) is 5.73 Å². The van der Waals surface area contributed by atoms with E-state index >= 15 is 0 Å². The molecule has 1 aliphatic rings. The lowest BCUT2D eigenvalue weighted by atomic mass is 9.95. The smallest absolute Gasteiger partial charge is 0.342 e. The minimum absolute atomic E-state index is 0.182. The molecule has 0 atom stereocenters. The van der Waals surface area contributed by atoms with Gasteiger partial charge in [-0.2, -0.15) is 0 Å². The highest BCUT2D eigenvalue weighted by Gasteiger charge is 2.26. The predicted molar refractivity (Wildman–Crippen MR) is 102 cm³/mol. The van der Waals surface area contributed by atoms with E-state index in [0.717, 1.165) is 31.6 Å². The van der Waals surface area contributed by atoms with Gasteiger partial charge < -0.3 is 25.8 Å². The molecule has 0 spiro atoms. The molecule has 5 N–H and O–H groups in total. The van der Waals surface area contributed by atoms with E-state index in [2.05, 4.69) is 9.88 Å². The van der Waals surface area contributed by atoms with Gasteiger partial charge in [0.2, 0.25) is 0 Å². The Morgan fingerprint density at radius 1 is 0.926 bits per heavy atom. The van der Waals surface area contributed by atoms with E-state index in [-0.39, 0.29) is 11.4 Å². The summed E-state index contributed by atoms with van der Waals surface area (Å²) < 4.78 is 0. The summed E-state index contributed by atoms with van der Waals surface area (Å²) in [7, 11) is 0. The van der Waals surface area contributed by atoms with Gasteiger partial charge in [-0.05, 0) is 30.5 Å². The number of aromatic carboxylic acids is 2. The maximum atomic E-state index is 12.1. The third kappa shape index (κ3) is 3.64. The van der Waals surface area contributed by atoms with E-state index in [9.17, 15) is 24.6 Å². The van der Waals surface area contributed by atoms with Crippen molar-refractivity contribution in [2.75, 3.05) is 23.7 Å². The van der Waals surface area contributed by atoms with E-state index in [1.54, 1.807) is 12.1 Å². The molecule has 1 fully saturated rings. The number of benzene rings is 1. The van der Waals surface area contributed by atoms with Crippen LogP contribution in [0.4, 0.5) is 11.5 Å². The number of carbonyl (C=O) groups is 2. The summed E-state index contributed by atoms with van der Waals surface area (Å²) in [6, 6.07) is 6.89. The fourth-order valence-corrected chi connectivity index (χ4v) is 3.50. The van der Waals surface area contributed by atoms with Gasteiger partial charge in [0.25, 0.3) is 5.56 Å². The topological polar surface area (TPSA) is 137 Å². The summed E-state index contributed by atoms with van der Waals surface area (Å²) >= 11 is 0. The number of nitrogens with zero attached hydrogens (tertiary/aromatic N) is 1. The van der Waals surface area contributed by atoms with Crippen molar-refractivity contribution in [1.82, 2.24) is 4.98 Å². The van der Waals surface area contributed by atoms with Crippen LogP contribution >= 0.6 is 0 Å². The summed E-state index contributed by atoms with van der Waals surface area (Å²) in [5.74, 6) is -3.28. The fourth-order valence-electron chi connectivity index (χ4n) is 3.50. The minimum atomic E-state index is -1.51. The first kappa shape index (κ1) is 18.5. The Bertz CT molecular complexity index is 926. The zero-order chi connectivity index (χ0) is 19.6. The normalized spacial score (nSPS) is 14.6. The molecule has 1 aliphatic heterocycles. The summed E-state index contributed by atoms with van der Waals surface area (Å²) in [5.41, 5.74) is 4.78. The van der Waals surface area contributed by atoms with E-state index in [1.165, 1.54) is 12.8 Å². The van der Waals surface area contributed by atoms with Crippen LogP contribution in [0.2, 0.25) is 0 Å². The molecule has 1 aromatic carbocycles. The van der Waals surface area contributed by atoms with Crippen LogP contribution in [0, 0.1) is 0 Å². The average Bonchev–Trinajstić information content (AvgIpc) is 2.89. The minimum Gasteiger partial charge on any atom is -0.478 e. The van der Waals surface area contributed by atoms with Gasteiger partial charge in [0.05, 0.1) is 0 Å². The molecule has 8 nitrogen and oxygen atoms in total. The largest absolute Gasteiger partial charge is 0.478 e. The van der Waals surface area contributed by atoms with Crippen LogP contribution in [0.5, 0.6) is 0 Å². The zero-order valence-electron chi connectivity index (χ0n) is 14.7. The lowest BCUT2D eigenvalue weighted by molar-refractivity contribution is 0.0695. The summed E-state index contributed by atoms with van der Waals surface area (Å²) in [6.45, 7) is 1.89. The molecule has 1 aromatic heterocycles. The molecule has 3 rings (SSSR count). The van der Waals surface area contributed by atoms with Crippen molar-refractivity contribution in [2.24, 2.45) is 0 Å². The van der Waals surface area contributed by atoms with Crippen LogP contribution < -0.4 is 16.2 Å². The second-order valence-corrected chi connectivity index (χ2v) is 6.55. The average molecular weight is 371 g/mol. The van der Waals surface area contributed by atoms with Gasteiger partial charge in [0.1, 0.15) is 16.9 Å². The van der Waals surface area contributed by atoms with Crippen molar-refractivity contribution in [1.29, 1.82) is 0 Å². The summed E-state index contributed by atoms with van der Waals surface area (Å²) in [5, 5.41) is 18.9. The Balaban J connectivity index is 2.11.